The standard InChI is InChI=1S/C20H26FN3O4/c1-13(25)23-9-7-15(8-10-23)19(26)24-11-17(14-3-5-16(21)6-4-14)18(12-24)22(2)20(27)28/h3-6,15,17-18H,7-12H2,1-2H3,(H,27,28)/t17-,18+/m0/s1. The topological polar surface area (TPSA) is 81.2 Å². The zero-order valence-electron chi connectivity index (χ0n) is 16.2. The van der Waals surface area contributed by atoms with Crippen LogP contribution in [0.1, 0.15) is 31.2 Å². The van der Waals surface area contributed by atoms with Gasteiger partial charge in [-0.15, -0.1) is 0 Å². The lowest BCUT2D eigenvalue weighted by Crippen LogP contribution is -2.44. The third-order valence-electron chi connectivity index (χ3n) is 5.99. The molecule has 8 heteroatoms. The summed E-state index contributed by atoms with van der Waals surface area (Å²) in [7, 11) is 1.50. The lowest BCUT2D eigenvalue weighted by atomic mass is 9.93. The van der Waals surface area contributed by atoms with Crippen molar-refractivity contribution in [3.05, 3.63) is 35.6 Å². The Labute approximate surface area is 163 Å². The van der Waals surface area contributed by atoms with E-state index in [9.17, 15) is 23.9 Å². The number of piperidine rings is 1. The van der Waals surface area contributed by atoms with Crippen LogP contribution in [0.3, 0.4) is 0 Å². The van der Waals surface area contributed by atoms with Gasteiger partial charge in [0.25, 0.3) is 0 Å². The van der Waals surface area contributed by atoms with Crippen LogP contribution >= 0.6 is 0 Å². The Hall–Kier alpha value is -2.64. The molecule has 1 aromatic rings. The molecule has 2 fully saturated rings. The van der Waals surface area contributed by atoms with Crippen molar-refractivity contribution >= 4 is 17.9 Å². The van der Waals surface area contributed by atoms with Crippen molar-refractivity contribution in [2.45, 2.75) is 31.7 Å². The summed E-state index contributed by atoms with van der Waals surface area (Å²) < 4.78 is 13.3. The lowest BCUT2D eigenvalue weighted by Gasteiger charge is -2.32. The maximum absolute atomic E-state index is 13.3. The number of nitrogens with zero attached hydrogens (tertiary/aromatic N) is 3. The Kier molecular flexibility index (Phi) is 5.86. The molecule has 2 aliphatic rings. The molecule has 2 atom stereocenters. The fourth-order valence-corrected chi connectivity index (χ4v) is 4.24. The molecule has 0 radical (unpaired) electrons. The number of carbonyl (C=O) groups excluding carboxylic acids is 2. The van der Waals surface area contributed by atoms with Gasteiger partial charge in [-0.1, -0.05) is 12.1 Å². The van der Waals surface area contributed by atoms with Crippen LogP contribution in [-0.2, 0) is 9.59 Å². The van der Waals surface area contributed by atoms with Crippen molar-refractivity contribution in [1.29, 1.82) is 0 Å². The quantitative estimate of drug-likeness (QED) is 0.854. The predicted molar refractivity (Wildman–Crippen MR) is 100 cm³/mol. The summed E-state index contributed by atoms with van der Waals surface area (Å²) in [6.45, 7) is 3.39. The average Bonchev–Trinajstić information content (AvgIpc) is 3.12. The normalized spacial score (nSPS) is 23.0. The minimum absolute atomic E-state index is 0.0107. The molecule has 2 saturated heterocycles. The van der Waals surface area contributed by atoms with E-state index in [1.165, 1.54) is 31.0 Å². The Morgan fingerprint density at radius 3 is 2.21 bits per heavy atom. The van der Waals surface area contributed by atoms with Crippen LogP contribution in [0.2, 0.25) is 0 Å². The van der Waals surface area contributed by atoms with Crippen molar-refractivity contribution in [3.8, 4) is 0 Å². The molecule has 1 aromatic carbocycles. The van der Waals surface area contributed by atoms with E-state index in [0.29, 0.717) is 39.0 Å². The van der Waals surface area contributed by atoms with Gasteiger partial charge in [0.1, 0.15) is 5.82 Å². The second-order valence-electron chi connectivity index (χ2n) is 7.64. The minimum Gasteiger partial charge on any atom is -0.465 e. The number of carbonyl (C=O) groups is 3. The highest BCUT2D eigenvalue weighted by Crippen LogP contribution is 2.33. The number of rotatable bonds is 3. The molecule has 152 valence electrons. The van der Waals surface area contributed by atoms with E-state index in [2.05, 4.69) is 0 Å². The highest BCUT2D eigenvalue weighted by molar-refractivity contribution is 5.80. The van der Waals surface area contributed by atoms with Gasteiger partial charge in [-0.05, 0) is 30.5 Å². The van der Waals surface area contributed by atoms with Crippen LogP contribution in [-0.4, -0.2) is 77.0 Å². The SMILES string of the molecule is CC(=O)N1CCC(C(=O)N2C[C@@H](N(C)C(=O)O)[C@H](c3ccc(F)cc3)C2)CC1. The van der Waals surface area contributed by atoms with Crippen LogP contribution in [0.15, 0.2) is 24.3 Å². The fourth-order valence-electron chi connectivity index (χ4n) is 4.24. The number of likely N-dealkylation sites (N-methyl/N-ethyl adjacent to an activating group) is 1. The smallest absolute Gasteiger partial charge is 0.407 e. The summed E-state index contributed by atoms with van der Waals surface area (Å²) in [5.74, 6) is -0.681. The van der Waals surface area contributed by atoms with Crippen LogP contribution in [0.4, 0.5) is 9.18 Å². The van der Waals surface area contributed by atoms with Gasteiger partial charge >= 0.3 is 6.09 Å². The molecule has 7 nitrogen and oxygen atoms in total. The molecule has 0 aromatic heterocycles. The summed E-state index contributed by atoms with van der Waals surface area (Å²) in [6.07, 6.45) is 0.187. The largest absolute Gasteiger partial charge is 0.465 e. The van der Waals surface area contributed by atoms with E-state index in [1.807, 2.05) is 0 Å². The molecular weight excluding hydrogens is 365 g/mol. The zero-order valence-corrected chi connectivity index (χ0v) is 16.2. The van der Waals surface area contributed by atoms with Crippen molar-refractivity contribution in [1.82, 2.24) is 14.7 Å². The zero-order chi connectivity index (χ0) is 20.4. The van der Waals surface area contributed by atoms with Gasteiger partial charge in [0.2, 0.25) is 11.8 Å². The average molecular weight is 391 g/mol. The summed E-state index contributed by atoms with van der Waals surface area (Å²) >= 11 is 0. The molecule has 0 bridgehead atoms. The molecule has 0 saturated carbocycles. The number of hydrogen-bond acceptors (Lipinski definition) is 3. The van der Waals surface area contributed by atoms with Gasteiger partial charge in [0, 0.05) is 52.0 Å². The van der Waals surface area contributed by atoms with Gasteiger partial charge < -0.3 is 19.8 Å². The molecular formula is C20H26FN3O4. The molecule has 0 unspecified atom stereocenters. The monoisotopic (exact) mass is 391 g/mol. The summed E-state index contributed by atoms with van der Waals surface area (Å²) in [5.41, 5.74) is 0.821. The van der Waals surface area contributed by atoms with Crippen LogP contribution in [0.5, 0.6) is 0 Å². The summed E-state index contributed by atoms with van der Waals surface area (Å²) in [4.78, 5) is 40.8. The number of carboxylic acid groups (broad SMARTS) is 1. The number of benzene rings is 1. The number of hydrogen-bond donors (Lipinski definition) is 1. The van der Waals surface area contributed by atoms with E-state index in [1.54, 1.807) is 21.9 Å². The summed E-state index contributed by atoms with van der Waals surface area (Å²) in [6, 6.07) is 5.64. The van der Waals surface area contributed by atoms with Gasteiger partial charge in [0.05, 0.1) is 6.04 Å². The maximum Gasteiger partial charge on any atom is 0.407 e. The second kappa shape index (κ2) is 8.16. The van der Waals surface area contributed by atoms with Crippen LogP contribution < -0.4 is 0 Å². The van der Waals surface area contributed by atoms with Gasteiger partial charge in [0.15, 0.2) is 0 Å². The molecule has 28 heavy (non-hydrogen) atoms. The van der Waals surface area contributed by atoms with Crippen molar-refractivity contribution in [3.63, 3.8) is 0 Å². The number of likely N-dealkylation sites (tertiary alicyclic amines) is 2. The minimum atomic E-state index is -1.05. The molecule has 3 rings (SSSR count). The molecule has 0 aliphatic carbocycles. The van der Waals surface area contributed by atoms with E-state index in [0.717, 1.165) is 5.56 Å². The Bertz CT molecular complexity index is 746. The third kappa shape index (κ3) is 4.10. The Balaban J connectivity index is 1.74. The summed E-state index contributed by atoms with van der Waals surface area (Å²) in [5, 5.41) is 9.43. The Morgan fingerprint density at radius 2 is 1.68 bits per heavy atom. The third-order valence-corrected chi connectivity index (χ3v) is 5.99. The van der Waals surface area contributed by atoms with E-state index >= 15 is 0 Å². The van der Waals surface area contributed by atoms with E-state index in [-0.39, 0.29) is 35.5 Å². The molecule has 2 aliphatic heterocycles. The number of amides is 3. The fraction of sp³-hybridized carbons (Fsp3) is 0.550. The van der Waals surface area contributed by atoms with Crippen molar-refractivity contribution in [2.24, 2.45) is 5.92 Å². The molecule has 3 amide bonds. The first-order valence-corrected chi connectivity index (χ1v) is 9.53. The first-order valence-electron chi connectivity index (χ1n) is 9.53. The van der Waals surface area contributed by atoms with E-state index < -0.39 is 6.09 Å². The lowest BCUT2D eigenvalue weighted by molar-refractivity contribution is -0.139. The maximum atomic E-state index is 13.3. The van der Waals surface area contributed by atoms with E-state index in [4.69, 9.17) is 0 Å². The highest BCUT2D eigenvalue weighted by Gasteiger charge is 2.42. The van der Waals surface area contributed by atoms with Gasteiger partial charge in [-0.3, -0.25) is 9.59 Å². The van der Waals surface area contributed by atoms with Gasteiger partial charge in [-0.25, -0.2) is 9.18 Å². The van der Waals surface area contributed by atoms with Crippen LogP contribution in [0, 0.1) is 11.7 Å². The predicted octanol–water partition coefficient (Wildman–Crippen LogP) is 1.99. The molecule has 2 heterocycles. The molecule has 0 spiro atoms. The first-order chi connectivity index (χ1) is 13.3. The molecule has 1 N–H and O–H groups in total. The van der Waals surface area contributed by atoms with Crippen molar-refractivity contribution in [2.75, 3.05) is 33.2 Å². The van der Waals surface area contributed by atoms with Crippen LogP contribution in [0.25, 0.3) is 0 Å². The van der Waals surface area contributed by atoms with Gasteiger partial charge in [-0.2, -0.15) is 0 Å². The number of halogens is 1. The Morgan fingerprint density at radius 1 is 1.07 bits per heavy atom. The highest BCUT2D eigenvalue weighted by atomic mass is 19.1. The van der Waals surface area contributed by atoms with Crippen molar-refractivity contribution < 1.29 is 23.9 Å². The second-order valence-corrected chi connectivity index (χ2v) is 7.64. The first kappa shape index (κ1) is 20.1.